The monoisotopic (exact) mass is 341 g/mol. The van der Waals surface area contributed by atoms with Crippen LogP contribution in [0.3, 0.4) is 0 Å². The summed E-state index contributed by atoms with van der Waals surface area (Å²) >= 11 is 0. The number of sulfonamides is 1. The molecular weight excluding hydrogens is 318 g/mol. The van der Waals surface area contributed by atoms with Crippen LogP contribution in [-0.4, -0.2) is 50.7 Å². The predicted molar refractivity (Wildman–Crippen MR) is 87.8 cm³/mol. The maximum atomic E-state index is 12.2. The van der Waals surface area contributed by atoms with Crippen LogP contribution in [0.4, 0.5) is 10.5 Å². The van der Waals surface area contributed by atoms with Crippen LogP contribution in [0.5, 0.6) is 0 Å². The number of aliphatic hydroxyl groups excluding tert-OH is 1. The second-order valence-electron chi connectivity index (χ2n) is 5.48. The first-order valence-electron chi connectivity index (χ1n) is 7.79. The molecule has 0 aromatic heterocycles. The zero-order valence-corrected chi connectivity index (χ0v) is 13.8. The molecule has 128 valence electrons. The molecule has 0 bridgehead atoms. The van der Waals surface area contributed by atoms with Crippen LogP contribution < -0.4 is 10.0 Å². The molecule has 0 radical (unpaired) electrons. The molecular formula is C15H23N3O4S. The highest BCUT2D eigenvalue weighted by atomic mass is 32.2. The van der Waals surface area contributed by atoms with Gasteiger partial charge in [-0.3, -0.25) is 0 Å². The Labute approximate surface area is 136 Å². The summed E-state index contributed by atoms with van der Waals surface area (Å²) in [5.74, 6) is 0. The summed E-state index contributed by atoms with van der Waals surface area (Å²) in [5.41, 5.74) is 0.556. The van der Waals surface area contributed by atoms with Gasteiger partial charge in [-0.15, -0.1) is 0 Å². The number of carbonyl (C=O) groups is 1. The third kappa shape index (κ3) is 5.19. The van der Waals surface area contributed by atoms with Gasteiger partial charge in [0.15, 0.2) is 0 Å². The molecule has 0 aliphatic carbocycles. The number of nitrogens with one attached hydrogen (secondary N) is 2. The molecule has 0 atom stereocenters. The van der Waals surface area contributed by atoms with E-state index in [0.29, 0.717) is 5.69 Å². The van der Waals surface area contributed by atoms with Crippen molar-refractivity contribution in [2.45, 2.75) is 30.6 Å². The maximum absolute atomic E-state index is 12.2. The lowest BCUT2D eigenvalue weighted by molar-refractivity contribution is 0.214. The van der Waals surface area contributed by atoms with Crippen LogP contribution >= 0.6 is 0 Å². The zero-order chi connectivity index (χ0) is 16.7. The minimum absolute atomic E-state index is 0.0320. The number of likely N-dealkylation sites (tertiary alicyclic amines) is 1. The summed E-state index contributed by atoms with van der Waals surface area (Å²) in [6.07, 6.45) is 4.33. The molecule has 0 unspecified atom stereocenters. The third-order valence-corrected chi connectivity index (χ3v) is 5.19. The molecule has 1 fully saturated rings. The van der Waals surface area contributed by atoms with Gasteiger partial charge in [0.25, 0.3) is 0 Å². The molecule has 1 aliphatic rings. The van der Waals surface area contributed by atoms with E-state index in [1.54, 1.807) is 17.0 Å². The minimum atomic E-state index is -3.63. The molecule has 0 spiro atoms. The number of rotatable bonds is 5. The first kappa shape index (κ1) is 17.7. The van der Waals surface area contributed by atoms with Gasteiger partial charge in [0.2, 0.25) is 10.0 Å². The molecule has 3 N–H and O–H groups in total. The van der Waals surface area contributed by atoms with Crippen molar-refractivity contribution >= 4 is 21.7 Å². The second-order valence-corrected chi connectivity index (χ2v) is 7.24. The van der Waals surface area contributed by atoms with E-state index in [1.165, 1.54) is 12.1 Å². The summed E-state index contributed by atoms with van der Waals surface area (Å²) in [6, 6.07) is 5.82. The average molecular weight is 341 g/mol. The van der Waals surface area contributed by atoms with Gasteiger partial charge in [0.1, 0.15) is 0 Å². The lowest BCUT2D eigenvalue weighted by atomic mass is 10.2. The Bertz CT molecular complexity index is 608. The van der Waals surface area contributed by atoms with E-state index in [0.717, 1.165) is 38.8 Å². The SMILES string of the molecule is O=C(Nc1ccc(S(=O)(=O)NCCO)cc1)N1CCCCCC1. The van der Waals surface area contributed by atoms with Crippen molar-refractivity contribution in [1.82, 2.24) is 9.62 Å². The fourth-order valence-corrected chi connectivity index (χ4v) is 3.48. The Kier molecular flexibility index (Phi) is 6.37. The van der Waals surface area contributed by atoms with E-state index >= 15 is 0 Å². The van der Waals surface area contributed by atoms with E-state index in [9.17, 15) is 13.2 Å². The molecule has 0 saturated carbocycles. The van der Waals surface area contributed by atoms with Crippen LogP contribution in [0.1, 0.15) is 25.7 Å². The summed E-state index contributed by atoms with van der Waals surface area (Å²) in [6.45, 7) is 1.21. The molecule has 1 heterocycles. The normalized spacial score (nSPS) is 16.0. The molecule has 7 nitrogen and oxygen atoms in total. The van der Waals surface area contributed by atoms with Gasteiger partial charge in [-0.25, -0.2) is 17.9 Å². The van der Waals surface area contributed by atoms with Crippen molar-refractivity contribution in [3.63, 3.8) is 0 Å². The first-order chi connectivity index (χ1) is 11.0. The molecule has 23 heavy (non-hydrogen) atoms. The largest absolute Gasteiger partial charge is 0.395 e. The predicted octanol–water partition coefficient (Wildman–Crippen LogP) is 1.37. The molecule has 1 aromatic rings. The first-order valence-corrected chi connectivity index (χ1v) is 9.28. The van der Waals surface area contributed by atoms with E-state index in [1.807, 2.05) is 0 Å². The van der Waals surface area contributed by atoms with Crippen LogP contribution in [-0.2, 0) is 10.0 Å². The van der Waals surface area contributed by atoms with Crippen molar-refractivity contribution in [2.24, 2.45) is 0 Å². The van der Waals surface area contributed by atoms with Gasteiger partial charge in [-0.05, 0) is 37.1 Å². The summed E-state index contributed by atoms with van der Waals surface area (Å²) in [5, 5.41) is 11.5. The standard InChI is InChI=1S/C15H23N3O4S/c19-12-9-16-23(21,22)14-7-5-13(6-8-14)17-15(20)18-10-3-1-2-4-11-18/h5-8,16,19H,1-4,9-12H2,(H,17,20). The number of urea groups is 1. The Balaban J connectivity index is 1.98. The van der Waals surface area contributed by atoms with Crippen molar-refractivity contribution in [3.8, 4) is 0 Å². The fraction of sp³-hybridized carbons (Fsp3) is 0.533. The Morgan fingerprint density at radius 1 is 1.09 bits per heavy atom. The number of aliphatic hydroxyl groups is 1. The van der Waals surface area contributed by atoms with E-state index in [4.69, 9.17) is 5.11 Å². The summed E-state index contributed by atoms with van der Waals surface area (Å²) < 4.78 is 26.1. The van der Waals surface area contributed by atoms with Gasteiger partial charge in [0.05, 0.1) is 11.5 Å². The molecule has 1 aromatic carbocycles. The number of hydrogen-bond donors (Lipinski definition) is 3. The molecule has 2 amide bonds. The van der Waals surface area contributed by atoms with E-state index in [2.05, 4.69) is 10.0 Å². The van der Waals surface area contributed by atoms with E-state index < -0.39 is 10.0 Å². The lowest BCUT2D eigenvalue weighted by Crippen LogP contribution is -2.35. The van der Waals surface area contributed by atoms with Crippen LogP contribution in [0.15, 0.2) is 29.2 Å². The third-order valence-electron chi connectivity index (χ3n) is 3.71. The van der Waals surface area contributed by atoms with Crippen LogP contribution in [0.25, 0.3) is 0 Å². The summed E-state index contributed by atoms with van der Waals surface area (Å²) in [4.78, 5) is 14.1. The Morgan fingerprint density at radius 2 is 1.70 bits per heavy atom. The number of carbonyl (C=O) groups excluding carboxylic acids is 1. The van der Waals surface area contributed by atoms with E-state index in [-0.39, 0.29) is 24.1 Å². The topological polar surface area (TPSA) is 98.7 Å². The number of amides is 2. The molecule has 1 saturated heterocycles. The second kappa shape index (κ2) is 8.28. The smallest absolute Gasteiger partial charge is 0.321 e. The number of benzene rings is 1. The Hall–Kier alpha value is -1.64. The van der Waals surface area contributed by atoms with Gasteiger partial charge in [0, 0.05) is 25.3 Å². The fourth-order valence-electron chi connectivity index (χ4n) is 2.46. The molecule has 1 aliphatic heterocycles. The van der Waals surface area contributed by atoms with Crippen molar-refractivity contribution in [3.05, 3.63) is 24.3 Å². The average Bonchev–Trinajstić information content (AvgIpc) is 2.83. The van der Waals surface area contributed by atoms with Gasteiger partial charge < -0.3 is 15.3 Å². The summed E-state index contributed by atoms with van der Waals surface area (Å²) in [7, 11) is -3.63. The van der Waals surface area contributed by atoms with Crippen molar-refractivity contribution in [2.75, 3.05) is 31.6 Å². The highest BCUT2D eigenvalue weighted by Gasteiger charge is 2.16. The molecule has 2 rings (SSSR count). The van der Waals surface area contributed by atoms with Gasteiger partial charge >= 0.3 is 6.03 Å². The van der Waals surface area contributed by atoms with Crippen molar-refractivity contribution in [1.29, 1.82) is 0 Å². The maximum Gasteiger partial charge on any atom is 0.321 e. The minimum Gasteiger partial charge on any atom is -0.395 e. The number of hydrogen-bond acceptors (Lipinski definition) is 4. The van der Waals surface area contributed by atoms with Crippen molar-refractivity contribution < 1.29 is 18.3 Å². The highest BCUT2D eigenvalue weighted by Crippen LogP contribution is 2.16. The number of anilines is 1. The lowest BCUT2D eigenvalue weighted by Gasteiger charge is -2.20. The van der Waals surface area contributed by atoms with Gasteiger partial charge in [-0.2, -0.15) is 0 Å². The van der Waals surface area contributed by atoms with Crippen LogP contribution in [0, 0.1) is 0 Å². The quantitative estimate of drug-likeness (QED) is 0.753. The molecule has 8 heteroatoms. The highest BCUT2D eigenvalue weighted by molar-refractivity contribution is 7.89. The zero-order valence-electron chi connectivity index (χ0n) is 13.0. The Morgan fingerprint density at radius 3 is 2.26 bits per heavy atom. The van der Waals surface area contributed by atoms with Crippen LogP contribution in [0.2, 0.25) is 0 Å². The number of nitrogens with zero attached hydrogens (tertiary/aromatic N) is 1. The van der Waals surface area contributed by atoms with Gasteiger partial charge in [-0.1, -0.05) is 12.8 Å².